The second-order valence-electron chi connectivity index (χ2n) is 20.0. The first-order valence-corrected chi connectivity index (χ1v) is 26.5. The fraction of sp³-hybridized carbons (Fsp3) is 0.0290. The minimum atomic E-state index is -5.16. The highest BCUT2D eigenvalue weighted by molar-refractivity contribution is 6.12. The Hall–Kier alpha value is -11.1. The normalized spacial score (nSPS) is 11.9. The smallest absolute Gasteiger partial charge is 0.308 e. The Morgan fingerprint density at radius 2 is 0.583 bits per heavy atom. The van der Waals surface area contributed by atoms with Gasteiger partial charge in [-0.05, 0) is 65.7 Å². The number of para-hydroxylation sites is 2. The molecule has 9 nitrogen and oxygen atoms in total. The van der Waals surface area contributed by atoms with Gasteiger partial charge in [-0.3, -0.25) is 0 Å². The minimum absolute atomic E-state index is 0.0327. The second-order valence-corrected chi connectivity index (χ2v) is 20.0. The molecule has 15 heteroatoms. The summed E-state index contributed by atoms with van der Waals surface area (Å²) in [6, 6.07) is 71.2. The zero-order valence-electron chi connectivity index (χ0n) is 43.8. The van der Waals surface area contributed by atoms with Crippen molar-refractivity contribution in [1.29, 1.82) is 5.26 Å². The first-order valence-electron chi connectivity index (χ1n) is 26.5. The lowest BCUT2D eigenvalue weighted by Crippen LogP contribution is -2.11. The average Bonchev–Trinajstić information content (AvgIpc) is 2.97. The van der Waals surface area contributed by atoms with Gasteiger partial charge in [0.05, 0.1) is 44.6 Å². The van der Waals surface area contributed by atoms with Crippen LogP contribution in [0.15, 0.2) is 237 Å². The predicted molar refractivity (Wildman–Crippen MR) is 315 cm³/mol. The molecule has 0 bridgehead atoms. The third kappa shape index (κ3) is 9.12. The Kier molecular flexibility index (Phi) is 12.3. The van der Waals surface area contributed by atoms with Crippen molar-refractivity contribution in [3.63, 3.8) is 0 Å². The van der Waals surface area contributed by atoms with Gasteiger partial charge in [-0.2, -0.15) is 31.6 Å². The van der Waals surface area contributed by atoms with Gasteiger partial charge < -0.3 is 9.13 Å². The molecule has 0 atom stereocenters. The summed E-state index contributed by atoms with van der Waals surface area (Å²) in [6.45, 7) is 0. The lowest BCUT2D eigenvalue weighted by atomic mass is 9.96. The van der Waals surface area contributed by atoms with Gasteiger partial charge in [0.1, 0.15) is 11.6 Å². The molecule has 0 aliphatic carbocycles. The maximum atomic E-state index is 14.9. The summed E-state index contributed by atoms with van der Waals surface area (Å²) in [5.74, 6) is 2.32. The van der Waals surface area contributed by atoms with Crippen molar-refractivity contribution in [3.8, 4) is 96.9 Å². The highest BCUT2D eigenvalue weighted by atomic mass is 19.4. The Morgan fingerprint density at radius 1 is 0.286 bits per heavy atom. The number of alkyl halides is 6. The summed E-state index contributed by atoms with van der Waals surface area (Å²) in [5.41, 5.74) is 3.38. The molecule has 0 unspecified atom stereocenters. The number of nitrogens with zero attached hydrogens (tertiary/aromatic N) is 9. The summed E-state index contributed by atoms with van der Waals surface area (Å²) in [6.07, 6.45) is -10.3. The van der Waals surface area contributed by atoms with Crippen molar-refractivity contribution in [2.45, 2.75) is 12.4 Å². The zero-order chi connectivity index (χ0) is 57.3. The van der Waals surface area contributed by atoms with Gasteiger partial charge in [0.2, 0.25) is 0 Å². The first-order chi connectivity index (χ1) is 40.8. The van der Waals surface area contributed by atoms with Crippen molar-refractivity contribution in [1.82, 2.24) is 39.0 Å². The van der Waals surface area contributed by atoms with E-state index in [1.807, 2.05) is 215 Å². The van der Waals surface area contributed by atoms with Crippen molar-refractivity contribution in [3.05, 3.63) is 253 Å². The van der Waals surface area contributed by atoms with E-state index >= 15 is 0 Å². The molecule has 0 saturated carbocycles. The predicted octanol–water partition coefficient (Wildman–Crippen LogP) is 17.8. The van der Waals surface area contributed by atoms with E-state index in [2.05, 4.69) is 6.07 Å². The standard InChI is InChI=1S/C69H39F6N9/c70-68(71,72)49-33-47(34-50(39-49)69(73,74)75)48-37-60(83-56-27-15-13-25-51(56)53-31-29-45(35-58(53)83)66-79-62(41-17-5-1-6-18-41)77-63(80-66)42-19-7-2-8-20-42)55(40-76)61(38-48)84-57-28-16-14-26-52(57)54-32-30-46(36-59(54)84)67-81-64(43-21-9-3-10-22-43)78-65(82-67)44-23-11-4-12-24-44/h1-39H. The van der Waals surface area contributed by atoms with Gasteiger partial charge in [-0.25, -0.2) is 29.9 Å². The largest absolute Gasteiger partial charge is 0.416 e. The molecule has 4 heterocycles. The van der Waals surface area contributed by atoms with E-state index in [9.17, 15) is 31.6 Å². The minimum Gasteiger partial charge on any atom is -0.308 e. The van der Waals surface area contributed by atoms with Crippen LogP contribution in [-0.4, -0.2) is 39.0 Å². The van der Waals surface area contributed by atoms with Gasteiger partial charge in [0, 0.05) is 54.9 Å². The lowest BCUT2D eigenvalue weighted by molar-refractivity contribution is -0.143. The molecule has 0 aliphatic heterocycles. The average molecular weight is 1110 g/mol. The molecule has 14 aromatic rings. The Bertz CT molecular complexity index is 4520. The number of fused-ring (bicyclic) bond motifs is 6. The van der Waals surface area contributed by atoms with Gasteiger partial charge in [0.15, 0.2) is 34.9 Å². The van der Waals surface area contributed by atoms with E-state index in [4.69, 9.17) is 29.9 Å². The van der Waals surface area contributed by atoms with Crippen LogP contribution in [0.1, 0.15) is 16.7 Å². The van der Waals surface area contributed by atoms with E-state index in [0.29, 0.717) is 80.3 Å². The fourth-order valence-electron chi connectivity index (χ4n) is 11.0. The number of hydrogen-bond donors (Lipinski definition) is 0. The maximum Gasteiger partial charge on any atom is 0.416 e. The Morgan fingerprint density at radius 3 is 0.917 bits per heavy atom. The zero-order valence-corrected chi connectivity index (χ0v) is 43.8. The van der Waals surface area contributed by atoms with Crippen LogP contribution in [-0.2, 0) is 12.4 Å². The van der Waals surface area contributed by atoms with Crippen LogP contribution in [0.2, 0.25) is 0 Å². The molecule has 84 heavy (non-hydrogen) atoms. The topological polar surface area (TPSA) is 111 Å². The molecule has 0 spiro atoms. The van der Waals surface area contributed by atoms with Crippen LogP contribution in [0.3, 0.4) is 0 Å². The third-order valence-electron chi connectivity index (χ3n) is 14.9. The Labute approximate surface area is 474 Å². The van der Waals surface area contributed by atoms with Crippen LogP contribution >= 0.6 is 0 Å². The molecule has 0 aliphatic rings. The van der Waals surface area contributed by atoms with Gasteiger partial charge in [-0.1, -0.05) is 182 Å². The van der Waals surface area contributed by atoms with Crippen LogP contribution in [0.4, 0.5) is 26.3 Å². The quantitative estimate of drug-likeness (QED) is 0.132. The molecule has 4 aromatic heterocycles. The van der Waals surface area contributed by atoms with Crippen LogP contribution in [0.5, 0.6) is 0 Å². The van der Waals surface area contributed by atoms with E-state index in [0.717, 1.165) is 43.8 Å². The molecule has 402 valence electrons. The molecular weight excluding hydrogens is 1070 g/mol. The Balaban J connectivity index is 1.06. The second kappa shape index (κ2) is 20.2. The number of benzene rings is 10. The van der Waals surface area contributed by atoms with E-state index < -0.39 is 23.5 Å². The molecule has 14 rings (SSSR count). The van der Waals surface area contributed by atoms with Crippen molar-refractivity contribution in [2.24, 2.45) is 0 Å². The fourth-order valence-corrected chi connectivity index (χ4v) is 11.0. The first kappa shape index (κ1) is 51.1. The molecule has 0 radical (unpaired) electrons. The molecule has 0 fully saturated rings. The van der Waals surface area contributed by atoms with Crippen LogP contribution < -0.4 is 0 Å². The molecule has 0 saturated heterocycles. The van der Waals surface area contributed by atoms with Gasteiger partial charge in [-0.15, -0.1) is 0 Å². The maximum absolute atomic E-state index is 14.9. The number of rotatable bonds is 9. The summed E-state index contributed by atoms with van der Waals surface area (Å²) in [5, 5.41) is 14.8. The number of hydrogen-bond acceptors (Lipinski definition) is 7. The summed E-state index contributed by atoms with van der Waals surface area (Å²) in [4.78, 5) is 29.8. The molecule has 0 amide bonds. The van der Waals surface area contributed by atoms with Crippen molar-refractivity contribution in [2.75, 3.05) is 0 Å². The number of halogens is 6. The van der Waals surface area contributed by atoms with Gasteiger partial charge >= 0.3 is 12.4 Å². The SMILES string of the molecule is N#Cc1c(-n2c3ccccc3c3ccc(-c4nc(-c5ccccc5)nc(-c5ccccc5)n4)cc32)cc(-c2cc(C(F)(F)F)cc(C(F)(F)F)c2)cc1-n1c2ccccc2c2ccc(-c3nc(-c4ccccc4)nc(-c4ccccc4)n3)cc21. The third-order valence-corrected chi connectivity index (χ3v) is 14.9. The molecule has 10 aromatic carbocycles. The van der Waals surface area contributed by atoms with E-state index in [-0.39, 0.29) is 34.1 Å². The van der Waals surface area contributed by atoms with Crippen molar-refractivity contribution < 1.29 is 26.3 Å². The highest BCUT2D eigenvalue weighted by Gasteiger charge is 2.37. The summed E-state index contributed by atoms with van der Waals surface area (Å²) >= 11 is 0. The van der Waals surface area contributed by atoms with Crippen LogP contribution in [0, 0.1) is 11.3 Å². The lowest BCUT2D eigenvalue weighted by Gasteiger charge is -2.20. The summed E-state index contributed by atoms with van der Waals surface area (Å²) in [7, 11) is 0. The summed E-state index contributed by atoms with van der Waals surface area (Å²) < 4.78 is 92.9. The monoisotopic (exact) mass is 1110 g/mol. The van der Waals surface area contributed by atoms with E-state index in [1.165, 1.54) is 12.1 Å². The van der Waals surface area contributed by atoms with E-state index in [1.54, 1.807) is 0 Å². The number of aromatic nitrogens is 8. The molecular formula is C69H39F6N9. The molecule has 0 N–H and O–H groups in total. The van der Waals surface area contributed by atoms with Crippen LogP contribution in [0.25, 0.3) is 134 Å². The highest BCUT2D eigenvalue weighted by Crippen LogP contribution is 2.44. The van der Waals surface area contributed by atoms with Gasteiger partial charge in [0.25, 0.3) is 0 Å². The number of nitriles is 1. The van der Waals surface area contributed by atoms with Crippen molar-refractivity contribution >= 4 is 43.6 Å².